The van der Waals surface area contributed by atoms with E-state index in [0.29, 0.717) is 16.9 Å². The van der Waals surface area contributed by atoms with Gasteiger partial charge in [0.15, 0.2) is 0 Å². The summed E-state index contributed by atoms with van der Waals surface area (Å²) in [7, 11) is 0. The van der Waals surface area contributed by atoms with Gasteiger partial charge in [-0.25, -0.2) is 4.39 Å². The molecule has 22 heavy (non-hydrogen) atoms. The van der Waals surface area contributed by atoms with Gasteiger partial charge in [-0.15, -0.1) is 0 Å². The second kappa shape index (κ2) is 8.58. The van der Waals surface area contributed by atoms with Crippen molar-refractivity contribution in [1.82, 2.24) is 4.98 Å². The number of aromatic nitrogens is 1. The maximum absolute atomic E-state index is 12.7. The zero-order valence-electron chi connectivity index (χ0n) is 11.9. The number of aliphatic hydroxyl groups is 1. The lowest BCUT2D eigenvalue weighted by Crippen LogP contribution is -2.01. The van der Waals surface area contributed by atoms with E-state index >= 15 is 0 Å². The number of ether oxygens (including phenoxy) is 1. The van der Waals surface area contributed by atoms with E-state index in [2.05, 4.69) is 4.98 Å². The predicted octanol–water partition coefficient (Wildman–Crippen LogP) is 2.09. The fraction of sp³-hybridized carbons (Fsp3) is 0.200. The molecule has 0 saturated heterocycles. The Labute approximate surface area is 126 Å². The molecule has 0 aliphatic rings. The van der Waals surface area contributed by atoms with Crippen LogP contribution in [0.15, 0.2) is 36.7 Å². The topological polar surface area (TPSA) is 99.9 Å². The standard InChI is InChI=1S/C13H12FNO3.C2H4O2/c14-10-1-3-11(4-2-10)18-8-9-5-15-6-13(17)12(9)7-16;1-2(3)4/h1-6,16-17H,7-8H2;1H3,(H,3,4). The first-order chi connectivity index (χ1) is 10.4. The van der Waals surface area contributed by atoms with Crippen molar-refractivity contribution >= 4 is 5.97 Å². The second-order valence-electron chi connectivity index (χ2n) is 4.22. The molecule has 118 valence electrons. The zero-order chi connectivity index (χ0) is 16.5. The van der Waals surface area contributed by atoms with Crippen molar-refractivity contribution < 1.29 is 29.2 Å². The van der Waals surface area contributed by atoms with E-state index in [1.807, 2.05) is 0 Å². The lowest BCUT2D eigenvalue weighted by atomic mass is 10.1. The molecule has 0 spiro atoms. The highest BCUT2D eigenvalue weighted by Crippen LogP contribution is 2.21. The molecule has 7 heteroatoms. The van der Waals surface area contributed by atoms with Crippen LogP contribution in [0.3, 0.4) is 0 Å². The SMILES string of the molecule is CC(=O)O.OCc1c(O)cncc1COc1ccc(F)cc1. The number of aliphatic carboxylic acids is 1. The molecule has 0 radical (unpaired) electrons. The first-order valence-electron chi connectivity index (χ1n) is 6.27. The van der Waals surface area contributed by atoms with Crippen LogP contribution < -0.4 is 4.74 Å². The summed E-state index contributed by atoms with van der Waals surface area (Å²) in [6.07, 6.45) is 2.77. The van der Waals surface area contributed by atoms with Crippen LogP contribution in [0.4, 0.5) is 4.39 Å². The molecule has 1 aromatic heterocycles. The summed E-state index contributed by atoms with van der Waals surface area (Å²) in [5, 5.41) is 26.1. The number of benzene rings is 1. The van der Waals surface area contributed by atoms with Crippen LogP contribution in [-0.4, -0.2) is 26.3 Å². The molecule has 0 unspecified atom stereocenters. The van der Waals surface area contributed by atoms with Gasteiger partial charge in [0, 0.05) is 24.2 Å². The summed E-state index contributed by atoms with van der Waals surface area (Å²) in [5.41, 5.74) is 0.967. The first kappa shape index (κ1) is 17.4. The van der Waals surface area contributed by atoms with Gasteiger partial charge >= 0.3 is 0 Å². The Hall–Kier alpha value is -2.67. The van der Waals surface area contributed by atoms with Crippen LogP contribution >= 0.6 is 0 Å². The van der Waals surface area contributed by atoms with Crippen molar-refractivity contribution in [3.05, 3.63) is 53.6 Å². The highest BCUT2D eigenvalue weighted by Gasteiger charge is 2.08. The molecule has 1 aromatic carbocycles. The van der Waals surface area contributed by atoms with Crippen molar-refractivity contribution in [2.24, 2.45) is 0 Å². The number of carboxylic acid groups (broad SMARTS) is 1. The molecule has 2 rings (SSSR count). The summed E-state index contributed by atoms with van der Waals surface area (Å²) in [6.45, 7) is 0.930. The first-order valence-corrected chi connectivity index (χ1v) is 6.27. The Kier molecular flexibility index (Phi) is 6.78. The molecule has 0 fully saturated rings. The van der Waals surface area contributed by atoms with Gasteiger partial charge < -0.3 is 20.1 Å². The Morgan fingerprint density at radius 3 is 2.41 bits per heavy atom. The number of hydrogen-bond acceptors (Lipinski definition) is 5. The number of carbonyl (C=O) groups is 1. The monoisotopic (exact) mass is 309 g/mol. The Balaban J connectivity index is 0.000000541. The van der Waals surface area contributed by atoms with E-state index in [1.54, 1.807) is 0 Å². The average molecular weight is 309 g/mol. The van der Waals surface area contributed by atoms with Gasteiger partial charge in [0.2, 0.25) is 0 Å². The molecular weight excluding hydrogens is 293 g/mol. The Bertz CT molecular complexity index is 612. The van der Waals surface area contributed by atoms with Crippen LogP contribution in [0.2, 0.25) is 0 Å². The summed E-state index contributed by atoms with van der Waals surface area (Å²) in [4.78, 5) is 12.8. The van der Waals surface area contributed by atoms with E-state index in [9.17, 15) is 9.50 Å². The van der Waals surface area contributed by atoms with Crippen molar-refractivity contribution in [3.63, 3.8) is 0 Å². The van der Waals surface area contributed by atoms with Crippen LogP contribution in [0.1, 0.15) is 18.1 Å². The van der Waals surface area contributed by atoms with E-state index in [4.69, 9.17) is 19.7 Å². The number of rotatable bonds is 4. The smallest absolute Gasteiger partial charge is 0.300 e. The molecule has 0 atom stereocenters. The third-order valence-corrected chi connectivity index (χ3v) is 2.49. The molecule has 0 aliphatic carbocycles. The largest absolute Gasteiger partial charge is 0.506 e. The number of aliphatic hydroxyl groups excluding tert-OH is 1. The van der Waals surface area contributed by atoms with E-state index in [0.717, 1.165) is 6.92 Å². The molecule has 1 heterocycles. The van der Waals surface area contributed by atoms with Gasteiger partial charge in [-0.05, 0) is 24.3 Å². The van der Waals surface area contributed by atoms with Crippen LogP contribution in [-0.2, 0) is 18.0 Å². The highest BCUT2D eigenvalue weighted by molar-refractivity contribution is 5.62. The zero-order valence-corrected chi connectivity index (χ0v) is 11.9. The minimum atomic E-state index is -0.833. The van der Waals surface area contributed by atoms with Gasteiger partial charge in [0.1, 0.15) is 23.9 Å². The molecule has 0 bridgehead atoms. The fourth-order valence-electron chi connectivity index (χ4n) is 1.52. The van der Waals surface area contributed by atoms with E-state index in [1.165, 1.54) is 36.7 Å². The maximum Gasteiger partial charge on any atom is 0.300 e. The van der Waals surface area contributed by atoms with Gasteiger partial charge in [-0.3, -0.25) is 9.78 Å². The van der Waals surface area contributed by atoms with Crippen LogP contribution in [0.5, 0.6) is 11.5 Å². The van der Waals surface area contributed by atoms with Crippen molar-refractivity contribution in [2.75, 3.05) is 0 Å². The Morgan fingerprint density at radius 2 is 1.86 bits per heavy atom. The quantitative estimate of drug-likeness (QED) is 0.799. The van der Waals surface area contributed by atoms with Gasteiger partial charge in [-0.2, -0.15) is 0 Å². The molecule has 0 aliphatic heterocycles. The second-order valence-corrected chi connectivity index (χ2v) is 4.22. The third kappa shape index (κ3) is 5.76. The number of aromatic hydroxyl groups is 1. The molecule has 2 aromatic rings. The van der Waals surface area contributed by atoms with Gasteiger partial charge in [-0.1, -0.05) is 0 Å². The summed E-state index contributed by atoms with van der Waals surface area (Å²) >= 11 is 0. The van der Waals surface area contributed by atoms with E-state index in [-0.39, 0.29) is 24.8 Å². The fourth-order valence-corrected chi connectivity index (χ4v) is 1.52. The third-order valence-electron chi connectivity index (χ3n) is 2.49. The molecule has 6 nitrogen and oxygen atoms in total. The van der Waals surface area contributed by atoms with Crippen molar-refractivity contribution in [1.29, 1.82) is 0 Å². The maximum atomic E-state index is 12.7. The highest BCUT2D eigenvalue weighted by atomic mass is 19.1. The lowest BCUT2D eigenvalue weighted by molar-refractivity contribution is -0.134. The average Bonchev–Trinajstić information content (AvgIpc) is 2.46. The minimum absolute atomic E-state index is 0.0716. The molecule has 0 saturated carbocycles. The van der Waals surface area contributed by atoms with Crippen LogP contribution in [0.25, 0.3) is 0 Å². The Morgan fingerprint density at radius 1 is 1.27 bits per heavy atom. The number of carboxylic acids is 1. The predicted molar refractivity (Wildman–Crippen MR) is 75.9 cm³/mol. The van der Waals surface area contributed by atoms with Gasteiger partial charge in [0.25, 0.3) is 5.97 Å². The number of halogens is 1. The normalized spacial score (nSPS) is 9.59. The minimum Gasteiger partial charge on any atom is -0.506 e. The molecular formula is C15H16FNO5. The van der Waals surface area contributed by atoms with E-state index < -0.39 is 5.97 Å². The van der Waals surface area contributed by atoms with Crippen molar-refractivity contribution in [2.45, 2.75) is 20.1 Å². The van der Waals surface area contributed by atoms with Crippen molar-refractivity contribution in [3.8, 4) is 11.5 Å². The number of nitrogens with zero attached hydrogens (tertiary/aromatic N) is 1. The summed E-state index contributed by atoms with van der Waals surface area (Å²) < 4.78 is 18.1. The molecule has 0 amide bonds. The molecule has 3 N–H and O–H groups in total. The summed E-state index contributed by atoms with van der Waals surface area (Å²) in [6, 6.07) is 5.60. The summed E-state index contributed by atoms with van der Waals surface area (Å²) in [5.74, 6) is -0.737. The van der Waals surface area contributed by atoms with Gasteiger partial charge in [0.05, 0.1) is 12.8 Å². The number of pyridine rings is 1. The van der Waals surface area contributed by atoms with Crippen LogP contribution in [0, 0.1) is 5.82 Å². The number of hydrogen-bond donors (Lipinski definition) is 3. The lowest BCUT2D eigenvalue weighted by Gasteiger charge is -2.10.